The average Bonchev–Trinajstić information content (AvgIpc) is 2.78. The van der Waals surface area contributed by atoms with Crippen molar-refractivity contribution in [2.45, 2.75) is 6.92 Å². The van der Waals surface area contributed by atoms with Crippen LogP contribution >= 0.6 is 23.2 Å². The standard InChI is InChI=1S/C16H11Cl2NO/c1-9-6-12(18)7-13-14(8-20)16(19-15(9)13)10-2-4-11(17)5-3-10/h2-8,19H,1H3. The van der Waals surface area contributed by atoms with Gasteiger partial charge in [-0.3, -0.25) is 4.79 Å². The summed E-state index contributed by atoms with van der Waals surface area (Å²) >= 11 is 12.0. The fraction of sp³-hybridized carbons (Fsp3) is 0.0625. The lowest BCUT2D eigenvalue weighted by Gasteiger charge is -1.99. The Hall–Kier alpha value is -1.77. The van der Waals surface area contributed by atoms with Gasteiger partial charge in [0.05, 0.1) is 5.69 Å². The molecule has 100 valence electrons. The van der Waals surface area contributed by atoms with Gasteiger partial charge in [0, 0.05) is 26.5 Å². The van der Waals surface area contributed by atoms with Gasteiger partial charge in [-0.2, -0.15) is 0 Å². The highest BCUT2D eigenvalue weighted by Crippen LogP contribution is 2.33. The van der Waals surface area contributed by atoms with Gasteiger partial charge < -0.3 is 4.98 Å². The summed E-state index contributed by atoms with van der Waals surface area (Å²) < 4.78 is 0. The number of carbonyl (C=O) groups is 1. The van der Waals surface area contributed by atoms with E-state index in [0.29, 0.717) is 15.6 Å². The molecule has 0 saturated heterocycles. The van der Waals surface area contributed by atoms with Crippen LogP contribution in [0.3, 0.4) is 0 Å². The van der Waals surface area contributed by atoms with Crippen molar-refractivity contribution in [2.75, 3.05) is 0 Å². The zero-order chi connectivity index (χ0) is 14.3. The molecule has 3 rings (SSSR count). The van der Waals surface area contributed by atoms with E-state index in [1.165, 1.54) is 0 Å². The summed E-state index contributed by atoms with van der Waals surface area (Å²) in [6, 6.07) is 11.1. The molecule has 2 aromatic carbocycles. The minimum Gasteiger partial charge on any atom is -0.354 e. The van der Waals surface area contributed by atoms with Gasteiger partial charge in [0.15, 0.2) is 6.29 Å². The second-order valence-corrected chi connectivity index (χ2v) is 5.56. The number of aromatic nitrogens is 1. The van der Waals surface area contributed by atoms with E-state index in [0.717, 1.165) is 34.0 Å². The minimum atomic E-state index is 0.618. The Bertz CT molecular complexity index is 803. The van der Waals surface area contributed by atoms with Crippen LogP contribution in [-0.2, 0) is 0 Å². The monoisotopic (exact) mass is 303 g/mol. The Morgan fingerprint density at radius 1 is 1.05 bits per heavy atom. The molecule has 0 bridgehead atoms. The maximum Gasteiger partial charge on any atom is 0.152 e. The van der Waals surface area contributed by atoms with Gasteiger partial charge in [0.25, 0.3) is 0 Å². The van der Waals surface area contributed by atoms with E-state index in [1.54, 1.807) is 12.1 Å². The molecule has 0 aliphatic rings. The first-order valence-electron chi connectivity index (χ1n) is 6.13. The number of fused-ring (bicyclic) bond motifs is 1. The third kappa shape index (κ3) is 2.11. The first kappa shape index (κ1) is 13.2. The summed E-state index contributed by atoms with van der Waals surface area (Å²) in [7, 11) is 0. The summed E-state index contributed by atoms with van der Waals surface area (Å²) in [5, 5.41) is 2.13. The van der Waals surface area contributed by atoms with Crippen LogP contribution < -0.4 is 0 Å². The van der Waals surface area contributed by atoms with E-state index in [1.807, 2.05) is 31.2 Å². The summed E-state index contributed by atoms with van der Waals surface area (Å²) in [4.78, 5) is 14.8. The summed E-state index contributed by atoms with van der Waals surface area (Å²) in [5.41, 5.74) is 4.27. The van der Waals surface area contributed by atoms with E-state index < -0.39 is 0 Å². The Morgan fingerprint density at radius 2 is 1.75 bits per heavy atom. The van der Waals surface area contributed by atoms with E-state index in [4.69, 9.17) is 23.2 Å². The van der Waals surface area contributed by atoms with Crippen LogP contribution in [0.15, 0.2) is 36.4 Å². The van der Waals surface area contributed by atoms with E-state index in [9.17, 15) is 4.79 Å². The molecule has 1 aromatic heterocycles. The molecule has 1 heterocycles. The molecule has 1 N–H and O–H groups in total. The number of rotatable bonds is 2. The number of benzene rings is 2. The first-order chi connectivity index (χ1) is 9.60. The molecule has 0 radical (unpaired) electrons. The summed E-state index contributed by atoms with van der Waals surface area (Å²) in [6.07, 6.45) is 0.860. The fourth-order valence-corrected chi connectivity index (χ4v) is 2.81. The van der Waals surface area contributed by atoms with E-state index in [2.05, 4.69) is 4.98 Å². The van der Waals surface area contributed by atoms with Gasteiger partial charge in [0.2, 0.25) is 0 Å². The van der Waals surface area contributed by atoms with Crippen molar-refractivity contribution in [2.24, 2.45) is 0 Å². The molecule has 0 aliphatic heterocycles. The maximum absolute atomic E-state index is 11.5. The molecule has 0 unspecified atom stereocenters. The van der Waals surface area contributed by atoms with Gasteiger partial charge in [-0.05, 0) is 42.3 Å². The second-order valence-electron chi connectivity index (χ2n) is 4.68. The molecule has 2 nitrogen and oxygen atoms in total. The molecular weight excluding hydrogens is 293 g/mol. The Labute approximate surface area is 126 Å². The van der Waals surface area contributed by atoms with Gasteiger partial charge in [-0.1, -0.05) is 35.3 Å². The van der Waals surface area contributed by atoms with Crippen LogP contribution in [0.4, 0.5) is 0 Å². The molecule has 20 heavy (non-hydrogen) atoms. The average molecular weight is 304 g/mol. The Morgan fingerprint density at radius 3 is 2.40 bits per heavy atom. The van der Waals surface area contributed by atoms with Crippen molar-refractivity contribution in [1.82, 2.24) is 4.98 Å². The van der Waals surface area contributed by atoms with Crippen molar-refractivity contribution >= 4 is 40.4 Å². The van der Waals surface area contributed by atoms with Crippen molar-refractivity contribution < 1.29 is 4.79 Å². The first-order valence-corrected chi connectivity index (χ1v) is 6.88. The molecule has 0 atom stereocenters. The van der Waals surface area contributed by atoms with Gasteiger partial charge in [-0.25, -0.2) is 0 Å². The quantitative estimate of drug-likeness (QED) is 0.643. The highest BCUT2D eigenvalue weighted by molar-refractivity contribution is 6.32. The number of aromatic amines is 1. The molecule has 4 heteroatoms. The Kier molecular flexibility index (Phi) is 3.28. The van der Waals surface area contributed by atoms with Crippen LogP contribution in [-0.4, -0.2) is 11.3 Å². The minimum absolute atomic E-state index is 0.618. The number of carbonyl (C=O) groups excluding carboxylic acids is 1. The van der Waals surface area contributed by atoms with Crippen LogP contribution in [0.5, 0.6) is 0 Å². The van der Waals surface area contributed by atoms with Crippen molar-refractivity contribution in [3.63, 3.8) is 0 Å². The number of hydrogen-bond acceptors (Lipinski definition) is 1. The molecule has 3 aromatic rings. The van der Waals surface area contributed by atoms with Crippen molar-refractivity contribution in [1.29, 1.82) is 0 Å². The SMILES string of the molecule is Cc1cc(Cl)cc2c(C=O)c(-c3ccc(Cl)cc3)[nH]c12. The van der Waals surface area contributed by atoms with Crippen molar-refractivity contribution in [3.05, 3.63) is 57.6 Å². The van der Waals surface area contributed by atoms with Crippen LogP contribution in [0, 0.1) is 6.92 Å². The number of aldehydes is 1. The zero-order valence-electron chi connectivity index (χ0n) is 10.7. The van der Waals surface area contributed by atoms with Gasteiger partial charge >= 0.3 is 0 Å². The zero-order valence-corrected chi connectivity index (χ0v) is 12.2. The second kappa shape index (κ2) is 4.97. The lowest BCUT2D eigenvalue weighted by atomic mass is 10.1. The number of aryl methyl sites for hydroxylation is 1. The van der Waals surface area contributed by atoms with Crippen LogP contribution in [0.1, 0.15) is 15.9 Å². The fourth-order valence-electron chi connectivity index (χ4n) is 2.42. The molecule has 0 fully saturated rings. The van der Waals surface area contributed by atoms with Gasteiger partial charge in [-0.15, -0.1) is 0 Å². The van der Waals surface area contributed by atoms with Gasteiger partial charge in [0.1, 0.15) is 0 Å². The topological polar surface area (TPSA) is 32.9 Å². The largest absolute Gasteiger partial charge is 0.354 e. The number of nitrogens with one attached hydrogen (secondary N) is 1. The number of H-pyrrole nitrogens is 1. The molecule has 0 spiro atoms. The third-order valence-corrected chi connectivity index (χ3v) is 3.83. The maximum atomic E-state index is 11.5. The lowest BCUT2D eigenvalue weighted by molar-refractivity contribution is 0.112. The normalized spacial score (nSPS) is 10.9. The molecular formula is C16H11Cl2NO. The molecule has 0 amide bonds. The molecule has 0 aliphatic carbocycles. The lowest BCUT2D eigenvalue weighted by Crippen LogP contribution is -1.84. The summed E-state index contributed by atoms with van der Waals surface area (Å²) in [6.45, 7) is 1.96. The third-order valence-electron chi connectivity index (χ3n) is 3.36. The molecule has 0 saturated carbocycles. The smallest absolute Gasteiger partial charge is 0.152 e. The highest BCUT2D eigenvalue weighted by atomic mass is 35.5. The van der Waals surface area contributed by atoms with Crippen LogP contribution in [0.25, 0.3) is 22.2 Å². The Balaban J connectivity index is 2.33. The predicted molar refractivity (Wildman–Crippen MR) is 83.9 cm³/mol. The predicted octanol–water partition coefficient (Wildman–Crippen LogP) is 5.26. The van der Waals surface area contributed by atoms with Crippen LogP contribution in [0.2, 0.25) is 10.0 Å². The van der Waals surface area contributed by atoms with Crippen molar-refractivity contribution in [3.8, 4) is 11.3 Å². The highest BCUT2D eigenvalue weighted by Gasteiger charge is 2.14. The number of hydrogen-bond donors (Lipinski definition) is 1. The van der Waals surface area contributed by atoms with E-state index in [-0.39, 0.29) is 0 Å². The summed E-state index contributed by atoms with van der Waals surface area (Å²) in [5.74, 6) is 0. The number of halogens is 2. The van der Waals surface area contributed by atoms with E-state index >= 15 is 0 Å².